The number of halogens is 3. The molecule has 1 aliphatic carbocycles. The molecule has 2 aliphatic rings. The van der Waals surface area contributed by atoms with Crippen LogP contribution in [0.3, 0.4) is 0 Å². The van der Waals surface area contributed by atoms with Crippen molar-refractivity contribution >= 4 is 46.5 Å². The van der Waals surface area contributed by atoms with Crippen molar-refractivity contribution < 1.29 is 18.7 Å². The number of aliphatic hydroxyl groups excluding tert-OH is 1. The molecule has 42 heavy (non-hydrogen) atoms. The Morgan fingerprint density at radius 2 is 2.02 bits per heavy atom. The van der Waals surface area contributed by atoms with Crippen LogP contribution >= 0.6 is 23.4 Å². The van der Waals surface area contributed by atoms with E-state index in [2.05, 4.69) is 35.6 Å². The minimum atomic E-state index is -0.477. The first kappa shape index (κ1) is 30.6. The van der Waals surface area contributed by atoms with Crippen molar-refractivity contribution in [2.24, 2.45) is 5.92 Å². The molecule has 1 amide bonds. The molecule has 1 aromatic carbocycles. The van der Waals surface area contributed by atoms with Crippen LogP contribution < -0.4 is 10.6 Å². The van der Waals surface area contributed by atoms with E-state index < -0.39 is 5.82 Å². The van der Waals surface area contributed by atoms with Crippen LogP contribution in [0.2, 0.25) is 5.02 Å². The number of carbonyl (C=O) groups is 1. The van der Waals surface area contributed by atoms with Gasteiger partial charge in [-0.2, -0.15) is 0 Å². The van der Waals surface area contributed by atoms with Gasteiger partial charge in [0.15, 0.2) is 0 Å². The third kappa shape index (κ3) is 7.35. The van der Waals surface area contributed by atoms with Gasteiger partial charge in [0.2, 0.25) is 5.91 Å². The Morgan fingerprint density at radius 1 is 1.19 bits per heavy atom. The number of benzene rings is 1. The molecule has 1 saturated heterocycles. The third-order valence-corrected chi connectivity index (χ3v) is 9.03. The van der Waals surface area contributed by atoms with Crippen molar-refractivity contribution in [1.82, 2.24) is 25.0 Å². The molecular weight excluding hydrogens is 584 g/mol. The van der Waals surface area contributed by atoms with Gasteiger partial charge in [0.05, 0.1) is 24.7 Å². The summed E-state index contributed by atoms with van der Waals surface area (Å²) in [6, 6.07) is 9.92. The van der Waals surface area contributed by atoms with Gasteiger partial charge in [-0.05, 0) is 56.6 Å². The molecule has 3 heterocycles. The number of piperazine rings is 1. The smallest absolute Gasteiger partial charge is 0.228 e. The molecule has 2 fully saturated rings. The fourth-order valence-electron chi connectivity index (χ4n) is 5.34. The zero-order chi connectivity index (χ0) is 29.6. The summed E-state index contributed by atoms with van der Waals surface area (Å²) in [6.45, 7) is 2.31. The number of nitrogens with one attached hydrogen (secondary N) is 2. The van der Waals surface area contributed by atoms with E-state index in [4.69, 9.17) is 11.6 Å². The standard InChI is InChI=1S/C29H34ClF2N7O2S/c1-38-8-9-39(17-21(38)4-6-31)22-12-18(13-22)28(41)35-27-15-20(5-7-33-27)34-26-16-25(36-37-29(26)42-11-10-40)23-14-19(30)2-3-24(23)32/h2-3,5,7,14-16,18,21-22,40H,4,6,8-13,17H2,1H3,(H2,33,34,35,36,41). The Morgan fingerprint density at radius 3 is 2.81 bits per heavy atom. The number of aliphatic hydroxyl groups is 1. The Kier molecular flexibility index (Phi) is 10.2. The average Bonchev–Trinajstić information content (AvgIpc) is 2.95. The summed E-state index contributed by atoms with van der Waals surface area (Å²) >= 11 is 7.39. The van der Waals surface area contributed by atoms with Crippen LogP contribution in [0.15, 0.2) is 47.6 Å². The van der Waals surface area contributed by atoms with Crippen LogP contribution in [-0.2, 0) is 4.79 Å². The number of thioether (sulfide) groups is 1. The highest BCUT2D eigenvalue weighted by atomic mass is 35.5. The zero-order valence-corrected chi connectivity index (χ0v) is 24.8. The number of likely N-dealkylation sites (N-methyl/N-ethyl adjacent to an activating group) is 1. The minimum absolute atomic E-state index is 0.0447. The van der Waals surface area contributed by atoms with E-state index in [0.717, 1.165) is 32.5 Å². The van der Waals surface area contributed by atoms with Gasteiger partial charge in [0, 0.05) is 71.9 Å². The first-order chi connectivity index (χ1) is 20.3. The third-order valence-electron chi connectivity index (χ3n) is 7.84. The molecule has 0 radical (unpaired) electrons. The van der Waals surface area contributed by atoms with Gasteiger partial charge >= 0.3 is 0 Å². The topological polar surface area (TPSA) is 107 Å². The fourth-order valence-corrected chi connectivity index (χ4v) is 6.16. The van der Waals surface area contributed by atoms with Gasteiger partial charge in [-0.1, -0.05) is 11.6 Å². The highest BCUT2D eigenvalue weighted by molar-refractivity contribution is 7.99. The Bertz CT molecular complexity index is 1400. The van der Waals surface area contributed by atoms with Crippen molar-refractivity contribution in [2.75, 3.05) is 56.3 Å². The number of anilines is 3. The summed E-state index contributed by atoms with van der Waals surface area (Å²) in [4.78, 5) is 21.9. The summed E-state index contributed by atoms with van der Waals surface area (Å²) in [6.07, 6.45) is 3.67. The van der Waals surface area contributed by atoms with Crippen LogP contribution in [0, 0.1) is 11.7 Å². The van der Waals surface area contributed by atoms with Crippen LogP contribution in [-0.4, -0.2) is 93.8 Å². The molecule has 5 rings (SSSR count). The van der Waals surface area contributed by atoms with Gasteiger partial charge in [-0.15, -0.1) is 22.0 Å². The zero-order valence-electron chi connectivity index (χ0n) is 23.3. The van der Waals surface area contributed by atoms with Crippen LogP contribution in [0.4, 0.5) is 26.0 Å². The van der Waals surface area contributed by atoms with Gasteiger partial charge in [-0.25, -0.2) is 9.37 Å². The van der Waals surface area contributed by atoms with Gasteiger partial charge < -0.3 is 20.6 Å². The summed E-state index contributed by atoms with van der Waals surface area (Å²) in [5.41, 5.74) is 1.71. The number of alkyl halides is 1. The normalized spacial score (nSPS) is 21.1. The SMILES string of the molecule is CN1CCN(C2CC(C(=O)Nc3cc(Nc4cc(-c5cc(Cl)ccc5F)nnc4SCCO)ccn3)C2)CC1CCF. The number of aromatic nitrogens is 3. The van der Waals surface area contributed by atoms with Gasteiger partial charge in [0.1, 0.15) is 16.7 Å². The van der Waals surface area contributed by atoms with E-state index in [-0.39, 0.29) is 36.7 Å². The lowest BCUT2D eigenvalue weighted by molar-refractivity contribution is -0.125. The van der Waals surface area contributed by atoms with Gasteiger partial charge in [0.25, 0.3) is 0 Å². The lowest BCUT2D eigenvalue weighted by atomic mass is 9.78. The molecule has 3 aromatic rings. The highest BCUT2D eigenvalue weighted by Crippen LogP contribution is 2.35. The number of hydrogen-bond donors (Lipinski definition) is 3. The molecule has 1 unspecified atom stereocenters. The molecule has 224 valence electrons. The molecule has 0 spiro atoms. The molecule has 2 aromatic heterocycles. The molecule has 1 atom stereocenters. The number of carbonyl (C=O) groups excluding carboxylic acids is 1. The lowest BCUT2D eigenvalue weighted by Gasteiger charge is -2.48. The van der Waals surface area contributed by atoms with Crippen molar-refractivity contribution in [1.29, 1.82) is 0 Å². The van der Waals surface area contributed by atoms with Crippen molar-refractivity contribution in [2.45, 2.75) is 36.4 Å². The number of hydrogen-bond acceptors (Lipinski definition) is 9. The minimum Gasteiger partial charge on any atom is -0.396 e. The molecule has 9 nitrogen and oxygen atoms in total. The summed E-state index contributed by atoms with van der Waals surface area (Å²) in [5, 5.41) is 24.8. The second kappa shape index (κ2) is 14.0. The van der Waals surface area contributed by atoms with E-state index in [1.165, 1.54) is 30.0 Å². The quantitative estimate of drug-likeness (QED) is 0.260. The maximum atomic E-state index is 14.5. The van der Waals surface area contributed by atoms with Crippen molar-refractivity contribution in [3.05, 3.63) is 53.4 Å². The number of amides is 1. The first-order valence-corrected chi connectivity index (χ1v) is 15.3. The molecule has 1 aliphatic heterocycles. The molecule has 0 bridgehead atoms. The number of pyridine rings is 1. The molecular formula is C29H34ClF2N7O2S. The van der Waals surface area contributed by atoms with Crippen LogP contribution in [0.25, 0.3) is 11.3 Å². The van der Waals surface area contributed by atoms with Gasteiger partial charge in [-0.3, -0.25) is 14.1 Å². The van der Waals surface area contributed by atoms with E-state index >= 15 is 0 Å². The molecule has 3 N–H and O–H groups in total. The fraction of sp³-hybridized carbons (Fsp3) is 0.448. The van der Waals surface area contributed by atoms with E-state index in [0.29, 0.717) is 51.2 Å². The summed E-state index contributed by atoms with van der Waals surface area (Å²) < 4.78 is 27.5. The number of rotatable bonds is 11. The highest BCUT2D eigenvalue weighted by Gasteiger charge is 2.40. The second-order valence-electron chi connectivity index (χ2n) is 10.6. The molecule has 13 heteroatoms. The lowest BCUT2D eigenvalue weighted by Crippen LogP contribution is -2.58. The number of nitrogens with zero attached hydrogens (tertiary/aromatic N) is 5. The Balaban J connectivity index is 1.24. The predicted molar refractivity (Wildman–Crippen MR) is 161 cm³/mol. The van der Waals surface area contributed by atoms with Crippen LogP contribution in [0.5, 0.6) is 0 Å². The maximum absolute atomic E-state index is 14.5. The maximum Gasteiger partial charge on any atom is 0.228 e. The Hall–Kier alpha value is -2.90. The largest absolute Gasteiger partial charge is 0.396 e. The Labute approximate surface area is 253 Å². The van der Waals surface area contributed by atoms with E-state index in [9.17, 15) is 18.7 Å². The second-order valence-corrected chi connectivity index (χ2v) is 12.1. The van der Waals surface area contributed by atoms with E-state index in [1.54, 1.807) is 24.4 Å². The summed E-state index contributed by atoms with van der Waals surface area (Å²) in [7, 11) is 2.04. The van der Waals surface area contributed by atoms with Crippen molar-refractivity contribution in [3.63, 3.8) is 0 Å². The van der Waals surface area contributed by atoms with Crippen molar-refractivity contribution in [3.8, 4) is 11.3 Å². The van der Waals surface area contributed by atoms with Crippen LogP contribution in [0.1, 0.15) is 19.3 Å². The molecule has 1 saturated carbocycles. The average molecular weight is 618 g/mol. The first-order valence-electron chi connectivity index (χ1n) is 14.0. The monoisotopic (exact) mass is 617 g/mol. The predicted octanol–water partition coefficient (Wildman–Crippen LogP) is 4.85. The van der Waals surface area contributed by atoms with E-state index in [1.807, 2.05) is 7.05 Å². The summed E-state index contributed by atoms with van der Waals surface area (Å²) in [5.74, 6) is 0.153.